The first kappa shape index (κ1) is 7.55. The average molecular weight is 174 g/mol. The minimum atomic E-state index is -2.78. The summed E-state index contributed by atoms with van der Waals surface area (Å²) in [5.41, 5.74) is 0. The Morgan fingerprint density at radius 2 is 2.09 bits per heavy atom. The number of hydrogen-bond donors (Lipinski definition) is 0. The molecule has 63 valence electrons. The molecule has 0 aliphatic carbocycles. The molecule has 11 heavy (non-hydrogen) atoms. The standard InChI is InChI=1S/C7H12NO2S/c1-8-5-7(6-8)3-2-4-11(7,9)10/h2H,3-6H2,1H3. The fourth-order valence-electron chi connectivity index (χ4n) is 2.04. The van der Waals surface area contributed by atoms with Gasteiger partial charge in [0.2, 0.25) is 0 Å². The van der Waals surface area contributed by atoms with E-state index in [9.17, 15) is 8.42 Å². The highest BCUT2D eigenvalue weighted by Gasteiger charge is 2.54. The minimum absolute atomic E-state index is 0.292. The molecule has 0 atom stereocenters. The van der Waals surface area contributed by atoms with Crippen molar-refractivity contribution in [3.05, 3.63) is 6.42 Å². The molecule has 1 spiro atoms. The zero-order valence-electron chi connectivity index (χ0n) is 6.58. The summed E-state index contributed by atoms with van der Waals surface area (Å²) in [7, 11) is -0.823. The summed E-state index contributed by atoms with van der Waals surface area (Å²) in [5.74, 6) is 0.292. The highest BCUT2D eigenvalue weighted by molar-refractivity contribution is 7.93. The lowest BCUT2D eigenvalue weighted by atomic mass is 9.95. The first-order valence-electron chi connectivity index (χ1n) is 3.78. The summed E-state index contributed by atoms with van der Waals surface area (Å²) in [5, 5.41) is 0. The van der Waals surface area contributed by atoms with Crippen molar-refractivity contribution in [2.24, 2.45) is 0 Å². The average Bonchev–Trinajstić information content (AvgIpc) is 2.07. The quantitative estimate of drug-likeness (QED) is 0.505. The van der Waals surface area contributed by atoms with Gasteiger partial charge in [-0.3, -0.25) is 0 Å². The third kappa shape index (κ3) is 0.856. The molecular formula is C7H12NO2S. The lowest BCUT2D eigenvalue weighted by Crippen LogP contribution is -2.62. The van der Waals surface area contributed by atoms with Crippen molar-refractivity contribution >= 4 is 9.84 Å². The molecule has 2 rings (SSSR count). The van der Waals surface area contributed by atoms with Crippen LogP contribution in [0, 0.1) is 6.42 Å². The Morgan fingerprint density at radius 1 is 1.45 bits per heavy atom. The molecule has 0 N–H and O–H groups in total. The number of nitrogens with zero attached hydrogens (tertiary/aromatic N) is 1. The van der Waals surface area contributed by atoms with Gasteiger partial charge >= 0.3 is 0 Å². The SMILES string of the molecule is CN1CC2(C[CH]CS2(=O)=O)C1. The number of likely N-dealkylation sites (tertiary alicyclic amines) is 1. The maximum Gasteiger partial charge on any atom is 0.158 e. The van der Waals surface area contributed by atoms with E-state index in [4.69, 9.17) is 0 Å². The van der Waals surface area contributed by atoms with Crippen molar-refractivity contribution in [2.75, 3.05) is 25.9 Å². The second-order valence-electron chi connectivity index (χ2n) is 3.63. The van der Waals surface area contributed by atoms with E-state index in [1.54, 1.807) is 0 Å². The maximum atomic E-state index is 11.5. The van der Waals surface area contributed by atoms with E-state index >= 15 is 0 Å². The summed E-state index contributed by atoms with van der Waals surface area (Å²) < 4.78 is 22.5. The summed E-state index contributed by atoms with van der Waals surface area (Å²) in [6.45, 7) is 1.46. The van der Waals surface area contributed by atoms with Gasteiger partial charge in [-0.2, -0.15) is 0 Å². The lowest BCUT2D eigenvalue weighted by molar-refractivity contribution is 0.159. The van der Waals surface area contributed by atoms with Gasteiger partial charge in [-0.1, -0.05) is 0 Å². The van der Waals surface area contributed by atoms with E-state index in [0.717, 1.165) is 19.5 Å². The fourth-order valence-corrected chi connectivity index (χ4v) is 4.03. The number of hydrogen-bond acceptors (Lipinski definition) is 3. The molecule has 2 fully saturated rings. The first-order valence-corrected chi connectivity index (χ1v) is 5.44. The molecule has 2 aliphatic rings. The molecule has 0 unspecified atom stereocenters. The van der Waals surface area contributed by atoms with Gasteiger partial charge in [-0.15, -0.1) is 0 Å². The molecular weight excluding hydrogens is 162 g/mol. The number of rotatable bonds is 0. The Labute approximate surface area is 67.3 Å². The van der Waals surface area contributed by atoms with Crippen molar-refractivity contribution in [3.63, 3.8) is 0 Å². The van der Waals surface area contributed by atoms with Crippen LogP contribution in [0.5, 0.6) is 0 Å². The van der Waals surface area contributed by atoms with Gasteiger partial charge < -0.3 is 4.90 Å². The highest BCUT2D eigenvalue weighted by atomic mass is 32.2. The van der Waals surface area contributed by atoms with Gasteiger partial charge in [0, 0.05) is 13.1 Å². The second-order valence-corrected chi connectivity index (χ2v) is 6.06. The third-order valence-electron chi connectivity index (χ3n) is 2.63. The van der Waals surface area contributed by atoms with Crippen LogP contribution in [-0.2, 0) is 9.84 Å². The van der Waals surface area contributed by atoms with E-state index in [1.807, 2.05) is 13.5 Å². The van der Waals surface area contributed by atoms with Crippen LogP contribution in [0.15, 0.2) is 0 Å². The van der Waals surface area contributed by atoms with Crippen molar-refractivity contribution in [1.82, 2.24) is 4.90 Å². The molecule has 0 aromatic rings. The van der Waals surface area contributed by atoms with Gasteiger partial charge in [-0.25, -0.2) is 8.42 Å². The maximum absolute atomic E-state index is 11.5. The van der Waals surface area contributed by atoms with Crippen LogP contribution in [0.2, 0.25) is 0 Å². The van der Waals surface area contributed by atoms with Crippen LogP contribution in [0.3, 0.4) is 0 Å². The molecule has 2 saturated heterocycles. The minimum Gasteiger partial charge on any atom is -0.303 e. The molecule has 0 bridgehead atoms. The fraction of sp³-hybridized carbons (Fsp3) is 0.857. The molecule has 0 amide bonds. The van der Waals surface area contributed by atoms with E-state index < -0.39 is 9.84 Å². The second kappa shape index (κ2) is 1.98. The zero-order valence-corrected chi connectivity index (χ0v) is 7.39. The lowest BCUT2D eigenvalue weighted by Gasteiger charge is -2.44. The molecule has 3 nitrogen and oxygen atoms in total. The molecule has 0 aromatic heterocycles. The van der Waals surface area contributed by atoms with Gasteiger partial charge in [-0.05, 0) is 19.9 Å². The Kier molecular flexibility index (Phi) is 1.36. The van der Waals surface area contributed by atoms with Crippen LogP contribution >= 0.6 is 0 Å². The summed E-state index contributed by atoms with van der Waals surface area (Å²) >= 11 is 0. The van der Waals surface area contributed by atoms with Crippen molar-refractivity contribution < 1.29 is 8.42 Å². The van der Waals surface area contributed by atoms with Crippen LogP contribution in [0.1, 0.15) is 6.42 Å². The monoisotopic (exact) mass is 174 g/mol. The van der Waals surface area contributed by atoms with Crippen LogP contribution in [0.25, 0.3) is 0 Å². The summed E-state index contributed by atoms with van der Waals surface area (Å²) in [6.07, 6.45) is 2.65. The normalized spacial score (nSPS) is 33.9. The molecule has 0 aromatic carbocycles. The topological polar surface area (TPSA) is 37.4 Å². The summed E-state index contributed by atoms with van der Waals surface area (Å²) in [4.78, 5) is 2.05. The molecule has 4 heteroatoms. The van der Waals surface area contributed by atoms with Gasteiger partial charge in [0.1, 0.15) is 0 Å². The predicted octanol–water partition coefficient (Wildman–Crippen LogP) is -0.307. The van der Waals surface area contributed by atoms with Crippen LogP contribution in [0.4, 0.5) is 0 Å². The first-order chi connectivity index (χ1) is 5.06. The van der Waals surface area contributed by atoms with Crippen LogP contribution in [-0.4, -0.2) is 44.0 Å². The molecule has 2 heterocycles. The van der Waals surface area contributed by atoms with Crippen LogP contribution < -0.4 is 0 Å². The predicted molar refractivity (Wildman–Crippen MR) is 42.9 cm³/mol. The van der Waals surface area contributed by atoms with E-state index in [0.29, 0.717) is 5.75 Å². The molecule has 1 radical (unpaired) electrons. The van der Waals surface area contributed by atoms with E-state index in [2.05, 4.69) is 4.90 Å². The Balaban J connectivity index is 2.28. The van der Waals surface area contributed by atoms with Gasteiger partial charge in [0.05, 0.1) is 10.5 Å². The van der Waals surface area contributed by atoms with Gasteiger partial charge in [0.15, 0.2) is 9.84 Å². The molecule has 2 aliphatic heterocycles. The van der Waals surface area contributed by atoms with E-state index in [1.165, 1.54) is 0 Å². The van der Waals surface area contributed by atoms with Crippen molar-refractivity contribution in [1.29, 1.82) is 0 Å². The summed E-state index contributed by atoms with van der Waals surface area (Å²) in [6, 6.07) is 0. The Hall–Kier alpha value is -0.0900. The highest BCUT2D eigenvalue weighted by Crippen LogP contribution is 2.38. The smallest absolute Gasteiger partial charge is 0.158 e. The third-order valence-corrected chi connectivity index (χ3v) is 5.05. The number of sulfone groups is 1. The molecule has 0 saturated carbocycles. The van der Waals surface area contributed by atoms with Crippen molar-refractivity contribution in [2.45, 2.75) is 11.2 Å². The Morgan fingerprint density at radius 3 is 2.45 bits per heavy atom. The van der Waals surface area contributed by atoms with E-state index in [-0.39, 0.29) is 4.75 Å². The Bertz CT molecular complexity index is 264. The van der Waals surface area contributed by atoms with Gasteiger partial charge in [0.25, 0.3) is 0 Å². The zero-order chi connectivity index (χ0) is 8.11. The largest absolute Gasteiger partial charge is 0.303 e. The van der Waals surface area contributed by atoms with Crippen molar-refractivity contribution in [3.8, 4) is 0 Å².